The lowest BCUT2D eigenvalue weighted by Crippen LogP contribution is -1.77. The van der Waals surface area contributed by atoms with Gasteiger partial charge in [-0.3, -0.25) is 0 Å². The van der Waals surface area contributed by atoms with E-state index in [1.54, 1.807) is 0 Å². The smallest absolute Gasteiger partial charge is 0.240 e. The van der Waals surface area contributed by atoms with E-state index in [1.807, 2.05) is 0 Å². The summed E-state index contributed by atoms with van der Waals surface area (Å²) in [6.45, 7) is -0.599. The molecule has 0 fully saturated rings. The Morgan fingerprint density at radius 1 is 1.58 bits per heavy atom. The van der Waals surface area contributed by atoms with E-state index in [4.69, 9.17) is 11.6 Å². The minimum Gasteiger partial charge on any atom is -0.246 e. The molecule has 0 aliphatic carbocycles. The molecular formula is C8H5ClFNO. The van der Waals surface area contributed by atoms with Crippen LogP contribution in [-0.4, -0.2) is 6.08 Å². The second-order valence-electron chi connectivity index (χ2n) is 2.12. The van der Waals surface area contributed by atoms with Crippen LogP contribution in [0.15, 0.2) is 23.2 Å². The molecule has 0 spiro atoms. The second-order valence-corrected chi connectivity index (χ2v) is 2.53. The Morgan fingerprint density at radius 3 is 2.92 bits per heavy atom. The molecule has 0 unspecified atom stereocenters. The largest absolute Gasteiger partial charge is 0.246 e. The van der Waals surface area contributed by atoms with E-state index in [9.17, 15) is 9.18 Å². The van der Waals surface area contributed by atoms with Gasteiger partial charge in [-0.15, -0.1) is 0 Å². The molecule has 0 amide bonds. The van der Waals surface area contributed by atoms with Crippen molar-refractivity contribution in [1.29, 1.82) is 0 Å². The lowest BCUT2D eigenvalue weighted by Gasteiger charge is -1.97. The number of isocyanates is 1. The summed E-state index contributed by atoms with van der Waals surface area (Å²) in [4.78, 5) is 13.2. The first-order valence-electron chi connectivity index (χ1n) is 3.20. The summed E-state index contributed by atoms with van der Waals surface area (Å²) in [6.07, 6.45) is 1.34. The van der Waals surface area contributed by atoms with Crippen LogP contribution in [-0.2, 0) is 11.5 Å². The van der Waals surface area contributed by atoms with Crippen molar-refractivity contribution in [3.05, 3.63) is 28.8 Å². The van der Waals surface area contributed by atoms with E-state index in [2.05, 4.69) is 4.99 Å². The summed E-state index contributed by atoms with van der Waals surface area (Å²) in [5.41, 5.74) is 0.690. The normalized spacial score (nSPS) is 9.17. The summed E-state index contributed by atoms with van der Waals surface area (Å²) in [6, 6.07) is 4.44. The van der Waals surface area contributed by atoms with Crippen molar-refractivity contribution in [1.82, 2.24) is 0 Å². The minimum absolute atomic E-state index is 0.252. The van der Waals surface area contributed by atoms with Crippen molar-refractivity contribution >= 4 is 23.4 Å². The molecule has 1 aromatic carbocycles. The standard InChI is InChI=1S/C8H5ClFNO/c9-7-2-1-6(4-10)3-8(7)11-5-12/h1-3H,4H2. The average molecular weight is 186 g/mol. The van der Waals surface area contributed by atoms with Crippen LogP contribution in [0.2, 0.25) is 5.02 Å². The predicted octanol–water partition coefficient (Wildman–Crippen LogP) is 2.78. The molecule has 0 N–H and O–H groups in total. The maximum absolute atomic E-state index is 12.1. The molecule has 0 aliphatic rings. The van der Waals surface area contributed by atoms with Gasteiger partial charge in [0.2, 0.25) is 6.08 Å². The molecule has 4 heteroatoms. The highest BCUT2D eigenvalue weighted by atomic mass is 35.5. The third-order valence-corrected chi connectivity index (χ3v) is 1.65. The number of hydrogen-bond donors (Lipinski definition) is 0. The van der Waals surface area contributed by atoms with Crippen molar-refractivity contribution in [2.75, 3.05) is 0 Å². The maximum atomic E-state index is 12.1. The molecule has 2 nitrogen and oxygen atoms in total. The van der Waals surface area contributed by atoms with E-state index in [0.29, 0.717) is 10.6 Å². The zero-order valence-corrected chi connectivity index (χ0v) is 6.81. The molecule has 0 aliphatic heterocycles. The lowest BCUT2D eigenvalue weighted by molar-refractivity contribution is 0.485. The number of benzene rings is 1. The summed E-state index contributed by atoms with van der Waals surface area (Å²) >= 11 is 5.64. The SMILES string of the molecule is O=C=Nc1cc(CF)ccc1Cl. The molecule has 0 atom stereocenters. The molecule has 1 rings (SSSR count). The Bertz CT molecular complexity index is 334. The van der Waals surface area contributed by atoms with Crippen molar-refractivity contribution in [2.45, 2.75) is 6.67 Å². The number of rotatable bonds is 2. The quantitative estimate of drug-likeness (QED) is 0.515. The zero-order chi connectivity index (χ0) is 8.97. The van der Waals surface area contributed by atoms with Gasteiger partial charge in [0.1, 0.15) is 6.67 Å². The fraction of sp³-hybridized carbons (Fsp3) is 0.125. The molecule has 62 valence electrons. The molecule has 0 bridgehead atoms. The third kappa shape index (κ3) is 1.91. The Balaban J connectivity index is 3.16. The van der Waals surface area contributed by atoms with Crippen LogP contribution in [0.4, 0.5) is 10.1 Å². The maximum Gasteiger partial charge on any atom is 0.240 e. The van der Waals surface area contributed by atoms with Crippen LogP contribution in [0.25, 0.3) is 0 Å². The van der Waals surface area contributed by atoms with E-state index < -0.39 is 6.67 Å². The topological polar surface area (TPSA) is 29.4 Å². The van der Waals surface area contributed by atoms with Crippen molar-refractivity contribution in [3.63, 3.8) is 0 Å². The van der Waals surface area contributed by atoms with Gasteiger partial charge in [-0.25, -0.2) is 9.18 Å². The van der Waals surface area contributed by atoms with Crippen molar-refractivity contribution < 1.29 is 9.18 Å². The van der Waals surface area contributed by atoms with Crippen LogP contribution in [0.5, 0.6) is 0 Å². The molecule has 12 heavy (non-hydrogen) atoms. The highest BCUT2D eigenvalue weighted by Crippen LogP contribution is 2.25. The minimum atomic E-state index is -0.599. The fourth-order valence-electron chi connectivity index (χ4n) is 0.776. The van der Waals surface area contributed by atoms with Gasteiger partial charge in [0.05, 0.1) is 10.7 Å². The van der Waals surface area contributed by atoms with Gasteiger partial charge in [0.25, 0.3) is 0 Å². The van der Waals surface area contributed by atoms with E-state index in [1.165, 1.54) is 24.3 Å². The summed E-state index contributed by atoms with van der Waals surface area (Å²) in [5.74, 6) is 0. The zero-order valence-electron chi connectivity index (χ0n) is 6.05. The number of nitrogens with zero attached hydrogens (tertiary/aromatic N) is 1. The van der Waals surface area contributed by atoms with Gasteiger partial charge in [-0.2, -0.15) is 4.99 Å². The Labute approximate surface area is 73.7 Å². The first-order chi connectivity index (χ1) is 5.77. The monoisotopic (exact) mass is 185 g/mol. The highest BCUT2D eigenvalue weighted by Gasteiger charge is 1.99. The van der Waals surface area contributed by atoms with Crippen LogP contribution >= 0.6 is 11.6 Å². The summed E-state index contributed by atoms with van der Waals surface area (Å²) < 4.78 is 12.1. The molecule has 0 heterocycles. The predicted molar refractivity (Wildman–Crippen MR) is 44.0 cm³/mol. The fourth-order valence-corrected chi connectivity index (χ4v) is 0.936. The van der Waals surface area contributed by atoms with Crippen LogP contribution in [0, 0.1) is 0 Å². The van der Waals surface area contributed by atoms with Gasteiger partial charge in [-0.05, 0) is 17.7 Å². The van der Waals surface area contributed by atoms with E-state index in [0.717, 1.165) is 0 Å². The molecule has 1 aromatic rings. The van der Waals surface area contributed by atoms with Crippen LogP contribution < -0.4 is 0 Å². The van der Waals surface area contributed by atoms with Gasteiger partial charge >= 0.3 is 0 Å². The molecular weight excluding hydrogens is 181 g/mol. The molecule has 0 aromatic heterocycles. The summed E-state index contributed by atoms with van der Waals surface area (Å²) in [5, 5.41) is 0.315. The van der Waals surface area contributed by atoms with Gasteiger partial charge in [0, 0.05) is 0 Å². The number of halogens is 2. The van der Waals surface area contributed by atoms with E-state index >= 15 is 0 Å². The van der Waals surface area contributed by atoms with Gasteiger partial charge in [0.15, 0.2) is 0 Å². The number of alkyl halides is 1. The molecule has 0 radical (unpaired) electrons. The van der Waals surface area contributed by atoms with Crippen molar-refractivity contribution in [2.24, 2.45) is 4.99 Å². The number of aliphatic imine (C=N–C) groups is 1. The number of carbonyl (C=O) groups excluding carboxylic acids is 1. The van der Waals surface area contributed by atoms with Crippen molar-refractivity contribution in [3.8, 4) is 0 Å². The summed E-state index contributed by atoms with van der Waals surface area (Å²) in [7, 11) is 0. The Kier molecular flexibility index (Phi) is 2.97. The van der Waals surface area contributed by atoms with Crippen LogP contribution in [0.1, 0.15) is 5.56 Å². The first kappa shape index (κ1) is 8.91. The van der Waals surface area contributed by atoms with Gasteiger partial charge < -0.3 is 0 Å². The van der Waals surface area contributed by atoms with Crippen LogP contribution in [0.3, 0.4) is 0 Å². The lowest BCUT2D eigenvalue weighted by atomic mass is 10.2. The Morgan fingerprint density at radius 2 is 2.33 bits per heavy atom. The molecule has 0 saturated heterocycles. The van der Waals surface area contributed by atoms with Gasteiger partial charge in [-0.1, -0.05) is 17.7 Å². The average Bonchev–Trinajstić information content (AvgIpc) is 2.09. The van der Waals surface area contributed by atoms with E-state index in [-0.39, 0.29) is 5.69 Å². The first-order valence-corrected chi connectivity index (χ1v) is 3.58. The number of hydrogen-bond acceptors (Lipinski definition) is 2. The Hall–Kier alpha value is -1.18. The second kappa shape index (κ2) is 4.00. The molecule has 0 saturated carbocycles. The third-order valence-electron chi connectivity index (χ3n) is 1.33. The highest BCUT2D eigenvalue weighted by molar-refractivity contribution is 6.33.